The minimum atomic E-state index is -3.32. The van der Waals surface area contributed by atoms with Crippen LogP contribution in [0.5, 0.6) is 0 Å². The molecule has 0 bridgehead atoms. The van der Waals surface area contributed by atoms with Gasteiger partial charge in [-0.1, -0.05) is 26.7 Å². The van der Waals surface area contributed by atoms with Crippen molar-refractivity contribution in [2.75, 3.05) is 12.3 Å². The van der Waals surface area contributed by atoms with Crippen LogP contribution in [-0.4, -0.2) is 26.8 Å². The number of hydrogen-bond donors (Lipinski definition) is 2. The predicted molar refractivity (Wildman–Crippen MR) is 71.2 cm³/mol. The second-order valence-corrected chi connectivity index (χ2v) is 7.41. The first-order valence-electron chi connectivity index (χ1n) is 6.60. The fraction of sp³-hybridized carbons (Fsp3) is 1.00. The Morgan fingerprint density at radius 2 is 2.06 bits per heavy atom. The van der Waals surface area contributed by atoms with E-state index in [1.807, 2.05) is 0 Å². The van der Waals surface area contributed by atoms with Gasteiger partial charge in [0.25, 0.3) is 0 Å². The SMILES string of the molecule is CC(C)CC1CCCC(NCCS(N)(=O)=O)C1. The van der Waals surface area contributed by atoms with Crippen LogP contribution >= 0.6 is 0 Å². The van der Waals surface area contributed by atoms with E-state index in [-0.39, 0.29) is 5.75 Å². The zero-order chi connectivity index (χ0) is 12.9. The molecule has 5 heteroatoms. The molecule has 1 fully saturated rings. The van der Waals surface area contributed by atoms with Gasteiger partial charge in [-0.2, -0.15) is 0 Å². The first-order valence-corrected chi connectivity index (χ1v) is 8.32. The molecule has 1 aliphatic carbocycles. The van der Waals surface area contributed by atoms with E-state index in [9.17, 15) is 8.42 Å². The van der Waals surface area contributed by atoms with Gasteiger partial charge in [-0.3, -0.25) is 0 Å². The molecule has 2 atom stereocenters. The molecule has 17 heavy (non-hydrogen) atoms. The quantitative estimate of drug-likeness (QED) is 0.761. The molecule has 0 spiro atoms. The zero-order valence-electron chi connectivity index (χ0n) is 11.0. The molecule has 1 aliphatic rings. The highest BCUT2D eigenvalue weighted by molar-refractivity contribution is 7.89. The maximum Gasteiger partial charge on any atom is 0.210 e. The predicted octanol–water partition coefficient (Wildman–Crippen LogP) is 1.47. The van der Waals surface area contributed by atoms with Crippen molar-refractivity contribution >= 4 is 10.0 Å². The first kappa shape index (κ1) is 14.9. The highest BCUT2D eigenvalue weighted by atomic mass is 32.2. The molecule has 1 rings (SSSR count). The van der Waals surface area contributed by atoms with Gasteiger partial charge >= 0.3 is 0 Å². The Hall–Kier alpha value is -0.130. The van der Waals surface area contributed by atoms with Crippen LogP contribution in [0, 0.1) is 11.8 Å². The van der Waals surface area contributed by atoms with E-state index in [0.717, 1.165) is 11.8 Å². The Labute approximate surface area is 105 Å². The molecule has 3 N–H and O–H groups in total. The zero-order valence-corrected chi connectivity index (χ0v) is 11.8. The Morgan fingerprint density at radius 3 is 2.65 bits per heavy atom. The highest BCUT2D eigenvalue weighted by Gasteiger charge is 2.22. The molecule has 0 aromatic carbocycles. The molecule has 1 saturated carbocycles. The smallest absolute Gasteiger partial charge is 0.210 e. The summed E-state index contributed by atoms with van der Waals surface area (Å²) in [6, 6.07) is 0.481. The summed E-state index contributed by atoms with van der Waals surface area (Å²) in [5.41, 5.74) is 0. The summed E-state index contributed by atoms with van der Waals surface area (Å²) in [5.74, 6) is 1.59. The summed E-state index contributed by atoms with van der Waals surface area (Å²) in [5, 5.41) is 8.30. The van der Waals surface area contributed by atoms with Crippen molar-refractivity contribution in [3.8, 4) is 0 Å². The highest BCUT2D eigenvalue weighted by Crippen LogP contribution is 2.29. The van der Waals surface area contributed by atoms with E-state index in [1.165, 1.54) is 32.1 Å². The molecule has 0 aromatic heterocycles. The van der Waals surface area contributed by atoms with Crippen LogP contribution in [-0.2, 0) is 10.0 Å². The fourth-order valence-corrected chi connectivity index (χ4v) is 3.16. The molecule has 0 aromatic rings. The van der Waals surface area contributed by atoms with Gasteiger partial charge in [0.05, 0.1) is 5.75 Å². The summed E-state index contributed by atoms with van der Waals surface area (Å²) in [6.45, 7) is 5.01. The van der Waals surface area contributed by atoms with Crippen LogP contribution < -0.4 is 10.5 Å². The largest absolute Gasteiger partial charge is 0.313 e. The summed E-state index contributed by atoms with van der Waals surface area (Å²) in [6.07, 6.45) is 6.21. The number of nitrogens with two attached hydrogens (primary N) is 1. The van der Waals surface area contributed by atoms with Crippen molar-refractivity contribution in [2.45, 2.75) is 52.0 Å². The van der Waals surface area contributed by atoms with Gasteiger partial charge in [-0.25, -0.2) is 13.6 Å². The fourth-order valence-electron chi connectivity index (χ4n) is 2.76. The topological polar surface area (TPSA) is 72.2 Å². The van der Waals surface area contributed by atoms with Crippen LogP contribution in [0.2, 0.25) is 0 Å². The van der Waals surface area contributed by atoms with Gasteiger partial charge in [0, 0.05) is 12.6 Å². The number of sulfonamides is 1. The number of primary sulfonamides is 1. The second kappa shape index (κ2) is 6.71. The molecule has 0 radical (unpaired) electrons. The lowest BCUT2D eigenvalue weighted by Crippen LogP contribution is -2.38. The number of rotatable bonds is 6. The molecule has 0 amide bonds. The molecule has 0 aliphatic heterocycles. The van der Waals surface area contributed by atoms with Gasteiger partial charge in [0.2, 0.25) is 10.0 Å². The van der Waals surface area contributed by atoms with Gasteiger partial charge in [0.15, 0.2) is 0 Å². The first-order chi connectivity index (χ1) is 7.87. The Morgan fingerprint density at radius 1 is 1.35 bits per heavy atom. The summed E-state index contributed by atoms with van der Waals surface area (Å²) >= 11 is 0. The van der Waals surface area contributed by atoms with E-state index in [1.54, 1.807) is 0 Å². The van der Waals surface area contributed by atoms with Crippen molar-refractivity contribution in [2.24, 2.45) is 17.0 Å². The van der Waals surface area contributed by atoms with Crippen LogP contribution in [0.4, 0.5) is 0 Å². The molecule has 2 unspecified atom stereocenters. The van der Waals surface area contributed by atoms with E-state index >= 15 is 0 Å². The van der Waals surface area contributed by atoms with E-state index in [4.69, 9.17) is 5.14 Å². The lowest BCUT2D eigenvalue weighted by atomic mass is 9.81. The third-order valence-electron chi connectivity index (χ3n) is 3.41. The van der Waals surface area contributed by atoms with Gasteiger partial charge in [-0.05, 0) is 31.1 Å². The second-order valence-electron chi connectivity index (χ2n) is 5.68. The average Bonchev–Trinajstić information content (AvgIpc) is 2.15. The summed E-state index contributed by atoms with van der Waals surface area (Å²) in [7, 11) is -3.32. The standard InChI is InChI=1S/C12H26N2O2S/c1-10(2)8-11-4-3-5-12(9-11)14-6-7-17(13,15)16/h10-12,14H,3-9H2,1-2H3,(H2,13,15,16). The number of hydrogen-bond acceptors (Lipinski definition) is 3. The molecular formula is C12H26N2O2S. The van der Waals surface area contributed by atoms with Crippen molar-refractivity contribution in [3.63, 3.8) is 0 Å². The normalized spacial score (nSPS) is 26.4. The number of nitrogens with one attached hydrogen (secondary N) is 1. The Balaban J connectivity index is 2.25. The molecule has 0 saturated heterocycles. The van der Waals surface area contributed by atoms with E-state index in [0.29, 0.717) is 12.6 Å². The van der Waals surface area contributed by atoms with Crippen molar-refractivity contribution in [3.05, 3.63) is 0 Å². The van der Waals surface area contributed by atoms with Crippen molar-refractivity contribution in [1.82, 2.24) is 5.32 Å². The Kier molecular flexibility index (Phi) is 5.89. The molecule has 102 valence electrons. The third kappa shape index (κ3) is 7.01. The van der Waals surface area contributed by atoms with Crippen molar-refractivity contribution < 1.29 is 8.42 Å². The maximum atomic E-state index is 10.8. The van der Waals surface area contributed by atoms with E-state index in [2.05, 4.69) is 19.2 Å². The minimum Gasteiger partial charge on any atom is -0.313 e. The van der Waals surface area contributed by atoms with Gasteiger partial charge in [-0.15, -0.1) is 0 Å². The molecule has 4 nitrogen and oxygen atoms in total. The molecular weight excluding hydrogens is 236 g/mol. The average molecular weight is 262 g/mol. The molecule has 0 heterocycles. The summed E-state index contributed by atoms with van der Waals surface area (Å²) < 4.78 is 21.6. The van der Waals surface area contributed by atoms with Gasteiger partial charge < -0.3 is 5.32 Å². The van der Waals surface area contributed by atoms with Crippen LogP contribution in [0.3, 0.4) is 0 Å². The summed E-state index contributed by atoms with van der Waals surface area (Å²) in [4.78, 5) is 0. The lowest BCUT2D eigenvalue weighted by Gasteiger charge is -2.30. The van der Waals surface area contributed by atoms with Gasteiger partial charge in [0.1, 0.15) is 0 Å². The third-order valence-corrected chi connectivity index (χ3v) is 4.18. The van der Waals surface area contributed by atoms with Crippen LogP contribution in [0.15, 0.2) is 0 Å². The Bertz CT molecular complexity index is 314. The van der Waals surface area contributed by atoms with Crippen molar-refractivity contribution in [1.29, 1.82) is 0 Å². The monoisotopic (exact) mass is 262 g/mol. The minimum absolute atomic E-state index is 0.0400. The van der Waals surface area contributed by atoms with Crippen LogP contribution in [0.1, 0.15) is 46.0 Å². The van der Waals surface area contributed by atoms with E-state index < -0.39 is 10.0 Å². The van der Waals surface area contributed by atoms with Crippen LogP contribution in [0.25, 0.3) is 0 Å². The maximum absolute atomic E-state index is 10.8. The lowest BCUT2D eigenvalue weighted by molar-refractivity contribution is 0.255.